The molecule has 0 aromatic heterocycles. The fraction of sp³-hybridized carbons (Fsp3) is 0.250. The van der Waals surface area contributed by atoms with E-state index in [-0.39, 0.29) is 0 Å². The van der Waals surface area contributed by atoms with E-state index in [1.165, 1.54) is 5.57 Å². The molecular weight excluding hydrogens is 174 g/mol. The van der Waals surface area contributed by atoms with E-state index >= 15 is 0 Å². The molecule has 0 spiro atoms. The summed E-state index contributed by atoms with van der Waals surface area (Å²) in [6, 6.07) is 9.87. The molecule has 0 radical (unpaired) electrons. The Morgan fingerprint density at radius 2 is 2.00 bits per heavy atom. The molecule has 1 aromatic carbocycles. The van der Waals surface area contributed by atoms with Crippen LogP contribution in [0.4, 0.5) is 0 Å². The van der Waals surface area contributed by atoms with Crippen molar-refractivity contribution in [2.45, 2.75) is 13.8 Å². The van der Waals surface area contributed by atoms with Gasteiger partial charge in [0.05, 0.1) is 6.21 Å². The number of oxime groups is 1. The van der Waals surface area contributed by atoms with Crippen LogP contribution in [-0.4, -0.2) is 12.8 Å². The van der Waals surface area contributed by atoms with Gasteiger partial charge in [-0.15, -0.1) is 0 Å². The minimum atomic E-state index is 0.533. The van der Waals surface area contributed by atoms with Gasteiger partial charge in [-0.3, -0.25) is 0 Å². The van der Waals surface area contributed by atoms with Gasteiger partial charge in [0.2, 0.25) is 0 Å². The number of benzene rings is 1. The molecule has 0 N–H and O–H groups in total. The van der Waals surface area contributed by atoms with Crippen molar-refractivity contribution in [1.82, 2.24) is 0 Å². The molecule has 0 saturated heterocycles. The third-order valence-electron chi connectivity index (χ3n) is 1.64. The standard InChI is InChI=1S/C12H15NO/c1-11(2)8-9-14-13-10-12-6-4-3-5-7-12/h3-8,10H,9H2,1-2H3/b13-10+. The predicted octanol–water partition coefficient (Wildman–Crippen LogP) is 3.00. The fourth-order valence-corrected chi connectivity index (χ4v) is 0.884. The summed E-state index contributed by atoms with van der Waals surface area (Å²) in [5.74, 6) is 0. The Kier molecular flexibility index (Phi) is 4.48. The predicted molar refractivity (Wildman–Crippen MR) is 59.4 cm³/mol. The molecule has 1 aromatic rings. The maximum atomic E-state index is 5.04. The molecule has 0 unspecified atom stereocenters. The van der Waals surface area contributed by atoms with Crippen LogP contribution in [-0.2, 0) is 4.84 Å². The van der Waals surface area contributed by atoms with Gasteiger partial charge in [-0.25, -0.2) is 0 Å². The summed E-state index contributed by atoms with van der Waals surface area (Å²) in [6.07, 6.45) is 3.70. The average Bonchev–Trinajstić information content (AvgIpc) is 2.18. The molecule has 0 bridgehead atoms. The maximum Gasteiger partial charge on any atom is 0.135 e. The molecule has 0 saturated carbocycles. The number of hydrogen-bond acceptors (Lipinski definition) is 2. The Balaban J connectivity index is 2.32. The van der Waals surface area contributed by atoms with Crippen LogP contribution in [0.15, 0.2) is 47.1 Å². The first-order valence-corrected chi connectivity index (χ1v) is 4.63. The minimum Gasteiger partial charge on any atom is -0.392 e. The van der Waals surface area contributed by atoms with E-state index in [4.69, 9.17) is 4.84 Å². The summed E-state index contributed by atoms with van der Waals surface area (Å²) in [5.41, 5.74) is 2.28. The highest BCUT2D eigenvalue weighted by atomic mass is 16.6. The van der Waals surface area contributed by atoms with Crippen LogP contribution in [0, 0.1) is 0 Å². The van der Waals surface area contributed by atoms with E-state index in [2.05, 4.69) is 5.16 Å². The van der Waals surface area contributed by atoms with E-state index in [1.807, 2.05) is 50.3 Å². The lowest BCUT2D eigenvalue weighted by Crippen LogP contribution is -1.85. The molecule has 0 atom stereocenters. The quantitative estimate of drug-likeness (QED) is 0.309. The first-order valence-electron chi connectivity index (χ1n) is 4.63. The maximum absolute atomic E-state index is 5.04. The lowest BCUT2D eigenvalue weighted by molar-refractivity contribution is 0.176. The second-order valence-electron chi connectivity index (χ2n) is 3.22. The van der Waals surface area contributed by atoms with E-state index in [0.717, 1.165) is 5.56 Å². The van der Waals surface area contributed by atoms with E-state index in [9.17, 15) is 0 Å². The molecule has 2 heteroatoms. The van der Waals surface area contributed by atoms with Gasteiger partial charge in [-0.1, -0.05) is 41.1 Å². The topological polar surface area (TPSA) is 21.6 Å². The van der Waals surface area contributed by atoms with Gasteiger partial charge in [0.15, 0.2) is 0 Å². The minimum absolute atomic E-state index is 0.533. The molecule has 0 aliphatic heterocycles. The molecule has 1 rings (SSSR count). The van der Waals surface area contributed by atoms with E-state index < -0.39 is 0 Å². The zero-order valence-electron chi connectivity index (χ0n) is 8.60. The van der Waals surface area contributed by atoms with Crippen molar-refractivity contribution in [1.29, 1.82) is 0 Å². The summed E-state index contributed by atoms with van der Waals surface area (Å²) in [4.78, 5) is 5.04. The molecule has 2 nitrogen and oxygen atoms in total. The molecular formula is C12H15NO. The van der Waals surface area contributed by atoms with Crippen LogP contribution >= 0.6 is 0 Å². The van der Waals surface area contributed by atoms with E-state index in [1.54, 1.807) is 6.21 Å². The summed E-state index contributed by atoms with van der Waals surface area (Å²) < 4.78 is 0. The molecule has 14 heavy (non-hydrogen) atoms. The van der Waals surface area contributed by atoms with Crippen molar-refractivity contribution >= 4 is 6.21 Å². The molecule has 0 aliphatic carbocycles. The monoisotopic (exact) mass is 189 g/mol. The molecule has 0 heterocycles. The van der Waals surface area contributed by atoms with Crippen LogP contribution in [0.1, 0.15) is 19.4 Å². The second kappa shape index (κ2) is 5.97. The average molecular weight is 189 g/mol. The highest BCUT2D eigenvalue weighted by molar-refractivity contribution is 5.78. The largest absolute Gasteiger partial charge is 0.392 e. The van der Waals surface area contributed by atoms with Crippen LogP contribution < -0.4 is 0 Å². The molecule has 0 fully saturated rings. The van der Waals surface area contributed by atoms with E-state index in [0.29, 0.717) is 6.61 Å². The van der Waals surface area contributed by atoms with Gasteiger partial charge in [-0.2, -0.15) is 0 Å². The Bertz CT molecular complexity index is 310. The molecule has 74 valence electrons. The number of hydrogen-bond donors (Lipinski definition) is 0. The van der Waals surface area contributed by atoms with Crippen LogP contribution in [0.5, 0.6) is 0 Å². The SMILES string of the molecule is CC(C)=CCO/N=C/c1ccccc1. The lowest BCUT2D eigenvalue weighted by Gasteiger charge is -1.94. The summed E-state index contributed by atoms with van der Waals surface area (Å²) >= 11 is 0. The van der Waals surface area contributed by atoms with Gasteiger partial charge < -0.3 is 4.84 Å². The third kappa shape index (κ3) is 4.45. The third-order valence-corrected chi connectivity index (χ3v) is 1.64. The van der Waals surface area contributed by atoms with Gasteiger partial charge in [0.25, 0.3) is 0 Å². The summed E-state index contributed by atoms with van der Waals surface area (Å²) in [7, 11) is 0. The van der Waals surface area contributed by atoms with Crippen LogP contribution in [0.3, 0.4) is 0 Å². The van der Waals surface area contributed by atoms with Crippen molar-refractivity contribution < 1.29 is 4.84 Å². The summed E-state index contributed by atoms with van der Waals surface area (Å²) in [5, 5.41) is 3.84. The van der Waals surface area contributed by atoms with Gasteiger partial charge >= 0.3 is 0 Å². The smallest absolute Gasteiger partial charge is 0.135 e. The van der Waals surface area contributed by atoms with Gasteiger partial charge in [0.1, 0.15) is 6.61 Å². The zero-order valence-corrected chi connectivity index (χ0v) is 8.60. The summed E-state index contributed by atoms with van der Waals surface area (Å²) in [6.45, 7) is 4.60. The van der Waals surface area contributed by atoms with Gasteiger partial charge in [0, 0.05) is 0 Å². The first kappa shape index (κ1) is 10.5. The Morgan fingerprint density at radius 3 is 2.64 bits per heavy atom. The van der Waals surface area contributed by atoms with Crippen molar-refractivity contribution in [3.63, 3.8) is 0 Å². The normalized spacial score (nSPS) is 10.1. The highest BCUT2D eigenvalue weighted by Gasteiger charge is 1.83. The van der Waals surface area contributed by atoms with Crippen molar-refractivity contribution in [2.75, 3.05) is 6.61 Å². The highest BCUT2D eigenvalue weighted by Crippen LogP contribution is 1.94. The van der Waals surface area contributed by atoms with Crippen LogP contribution in [0.25, 0.3) is 0 Å². The van der Waals surface area contributed by atoms with Crippen molar-refractivity contribution in [2.24, 2.45) is 5.16 Å². The Labute approximate surface area is 84.9 Å². The Morgan fingerprint density at radius 1 is 1.29 bits per heavy atom. The zero-order chi connectivity index (χ0) is 10.2. The number of nitrogens with zero attached hydrogens (tertiary/aromatic N) is 1. The van der Waals surface area contributed by atoms with Crippen molar-refractivity contribution in [3.05, 3.63) is 47.5 Å². The lowest BCUT2D eigenvalue weighted by atomic mass is 10.2. The number of rotatable bonds is 4. The first-order chi connectivity index (χ1) is 6.79. The molecule has 0 amide bonds. The van der Waals surface area contributed by atoms with Crippen molar-refractivity contribution in [3.8, 4) is 0 Å². The Hall–Kier alpha value is -1.57. The fourth-order valence-electron chi connectivity index (χ4n) is 0.884. The molecule has 0 aliphatic rings. The van der Waals surface area contributed by atoms with Gasteiger partial charge in [-0.05, 0) is 25.5 Å². The van der Waals surface area contributed by atoms with Crippen LogP contribution in [0.2, 0.25) is 0 Å². The second-order valence-corrected chi connectivity index (χ2v) is 3.22. The number of allylic oxidation sites excluding steroid dienone is 1.